The highest BCUT2D eigenvalue weighted by Crippen LogP contribution is 2.09. The average molecular weight is 150 g/mol. The SMILES string of the molecule is CCCC(S)CCC.O. The normalized spacial score (nSPS) is 9.33. The summed E-state index contributed by atoms with van der Waals surface area (Å²) in [4.78, 5) is 0. The molecule has 0 heterocycles. The van der Waals surface area contributed by atoms with Crippen LogP contribution in [0.5, 0.6) is 0 Å². The molecule has 58 valence electrons. The summed E-state index contributed by atoms with van der Waals surface area (Å²) < 4.78 is 0. The molecule has 0 saturated carbocycles. The van der Waals surface area contributed by atoms with Crippen LogP contribution >= 0.6 is 12.6 Å². The molecule has 9 heavy (non-hydrogen) atoms. The maximum absolute atomic E-state index is 4.39. The van der Waals surface area contributed by atoms with E-state index >= 15 is 0 Å². The highest BCUT2D eigenvalue weighted by Gasteiger charge is 1.96. The van der Waals surface area contributed by atoms with E-state index in [2.05, 4.69) is 26.5 Å². The molecule has 2 N–H and O–H groups in total. The standard InChI is InChI=1S/C7H16S.H2O/c1-3-5-7(8)6-4-2;/h7-8H,3-6H2,1-2H3;1H2. The van der Waals surface area contributed by atoms with Gasteiger partial charge in [0.15, 0.2) is 0 Å². The molecule has 2 heteroatoms. The van der Waals surface area contributed by atoms with Crippen molar-refractivity contribution in [3.8, 4) is 0 Å². The Kier molecular flexibility index (Phi) is 11.1. The van der Waals surface area contributed by atoms with E-state index < -0.39 is 0 Å². The van der Waals surface area contributed by atoms with Gasteiger partial charge in [-0.1, -0.05) is 26.7 Å². The lowest BCUT2D eigenvalue weighted by molar-refractivity contribution is 0.676. The number of hydrogen-bond donors (Lipinski definition) is 1. The third-order valence-electron chi connectivity index (χ3n) is 1.24. The molecule has 0 bridgehead atoms. The Balaban J connectivity index is 0. The molecule has 0 aliphatic heterocycles. The van der Waals surface area contributed by atoms with E-state index in [1.165, 1.54) is 25.7 Å². The Morgan fingerprint density at radius 2 is 1.44 bits per heavy atom. The molecule has 0 saturated heterocycles. The van der Waals surface area contributed by atoms with E-state index in [4.69, 9.17) is 0 Å². The smallest absolute Gasteiger partial charge is 0.00166 e. The van der Waals surface area contributed by atoms with E-state index in [-0.39, 0.29) is 5.48 Å². The zero-order valence-electron chi connectivity index (χ0n) is 6.35. The van der Waals surface area contributed by atoms with Crippen molar-refractivity contribution in [1.29, 1.82) is 0 Å². The molecule has 0 aromatic rings. The molecule has 0 aliphatic carbocycles. The first kappa shape index (κ1) is 12.0. The van der Waals surface area contributed by atoms with Crippen molar-refractivity contribution < 1.29 is 5.48 Å². The number of hydrogen-bond acceptors (Lipinski definition) is 1. The predicted molar refractivity (Wildman–Crippen MR) is 46.2 cm³/mol. The molecule has 1 nitrogen and oxygen atoms in total. The molecule has 0 spiro atoms. The van der Waals surface area contributed by atoms with Gasteiger partial charge < -0.3 is 5.48 Å². The maximum atomic E-state index is 4.39. The molecule has 0 radical (unpaired) electrons. The van der Waals surface area contributed by atoms with Gasteiger partial charge in [0.05, 0.1) is 0 Å². The molecular formula is C7H18OS. The van der Waals surface area contributed by atoms with E-state index in [1.54, 1.807) is 0 Å². The van der Waals surface area contributed by atoms with Gasteiger partial charge in [0, 0.05) is 5.25 Å². The lowest BCUT2D eigenvalue weighted by Gasteiger charge is -2.04. The first-order valence-electron chi connectivity index (χ1n) is 3.49. The van der Waals surface area contributed by atoms with Crippen LogP contribution in [0.15, 0.2) is 0 Å². The fraction of sp³-hybridized carbons (Fsp3) is 1.00. The molecule has 0 fully saturated rings. The molecular weight excluding hydrogens is 132 g/mol. The Morgan fingerprint density at radius 1 is 1.11 bits per heavy atom. The first-order valence-corrected chi connectivity index (χ1v) is 4.01. The van der Waals surface area contributed by atoms with Gasteiger partial charge in [-0.15, -0.1) is 0 Å². The van der Waals surface area contributed by atoms with Gasteiger partial charge in [0.1, 0.15) is 0 Å². The van der Waals surface area contributed by atoms with Gasteiger partial charge in [-0.3, -0.25) is 0 Å². The summed E-state index contributed by atoms with van der Waals surface area (Å²) in [5, 5.41) is 0.657. The Bertz CT molecular complexity index is 42.2. The van der Waals surface area contributed by atoms with Crippen LogP contribution in [0.4, 0.5) is 0 Å². The van der Waals surface area contributed by atoms with Crippen molar-refractivity contribution >= 4 is 12.6 Å². The Morgan fingerprint density at radius 3 is 1.67 bits per heavy atom. The van der Waals surface area contributed by atoms with Crippen molar-refractivity contribution in [1.82, 2.24) is 0 Å². The molecule has 0 aromatic heterocycles. The summed E-state index contributed by atoms with van der Waals surface area (Å²) in [5.74, 6) is 0. The second kappa shape index (κ2) is 8.31. The van der Waals surface area contributed by atoms with Crippen LogP contribution in [-0.4, -0.2) is 10.7 Å². The minimum atomic E-state index is 0. The lowest BCUT2D eigenvalue weighted by atomic mass is 10.2. The highest BCUT2D eigenvalue weighted by atomic mass is 32.1. The minimum absolute atomic E-state index is 0. The average Bonchev–Trinajstić information content (AvgIpc) is 1.68. The van der Waals surface area contributed by atoms with Crippen molar-refractivity contribution in [3.05, 3.63) is 0 Å². The molecule has 0 atom stereocenters. The van der Waals surface area contributed by atoms with E-state index in [1.807, 2.05) is 0 Å². The maximum Gasteiger partial charge on any atom is 0.00166 e. The van der Waals surface area contributed by atoms with Crippen molar-refractivity contribution in [2.24, 2.45) is 0 Å². The largest absolute Gasteiger partial charge is 0.412 e. The van der Waals surface area contributed by atoms with Crippen molar-refractivity contribution in [3.63, 3.8) is 0 Å². The van der Waals surface area contributed by atoms with Crippen molar-refractivity contribution in [2.45, 2.75) is 44.8 Å². The third-order valence-corrected chi connectivity index (χ3v) is 1.76. The van der Waals surface area contributed by atoms with E-state index in [0.717, 1.165) is 0 Å². The molecule has 0 aromatic carbocycles. The molecule has 0 unspecified atom stereocenters. The fourth-order valence-corrected chi connectivity index (χ4v) is 1.33. The van der Waals surface area contributed by atoms with Crippen molar-refractivity contribution in [2.75, 3.05) is 0 Å². The van der Waals surface area contributed by atoms with Crippen LogP contribution in [0.3, 0.4) is 0 Å². The highest BCUT2D eigenvalue weighted by molar-refractivity contribution is 7.80. The summed E-state index contributed by atoms with van der Waals surface area (Å²) in [6.07, 6.45) is 5.09. The quantitative estimate of drug-likeness (QED) is 0.595. The molecule has 0 aliphatic rings. The molecule has 0 rings (SSSR count). The van der Waals surface area contributed by atoms with Crippen LogP contribution in [0, 0.1) is 0 Å². The zero-order chi connectivity index (χ0) is 6.41. The van der Waals surface area contributed by atoms with Crippen LogP contribution in [0.2, 0.25) is 0 Å². The van der Waals surface area contributed by atoms with Gasteiger partial charge in [-0.2, -0.15) is 12.6 Å². The number of rotatable bonds is 4. The lowest BCUT2D eigenvalue weighted by Crippen LogP contribution is -1.95. The Hall–Kier alpha value is 0.310. The second-order valence-corrected chi connectivity index (χ2v) is 2.96. The Labute approximate surface area is 63.6 Å². The van der Waals surface area contributed by atoms with E-state index in [0.29, 0.717) is 5.25 Å². The summed E-state index contributed by atoms with van der Waals surface area (Å²) in [6.45, 7) is 4.41. The zero-order valence-corrected chi connectivity index (χ0v) is 7.25. The fourth-order valence-electron chi connectivity index (χ4n) is 0.811. The van der Waals surface area contributed by atoms with Gasteiger partial charge in [0.25, 0.3) is 0 Å². The topological polar surface area (TPSA) is 31.5 Å². The van der Waals surface area contributed by atoms with E-state index in [9.17, 15) is 0 Å². The summed E-state index contributed by atoms with van der Waals surface area (Å²) in [7, 11) is 0. The predicted octanol–water partition coefficient (Wildman–Crippen LogP) is 2.06. The van der Waals surface area contributed by atoms with Gasteiger partial charge >= 0.3 is 0 Å². The van der Waals surface area contributed by atoms with Gasteiger partial charge in [-0.25, -0.2) is 0 Å². The summed E-state index contributed by atoms with van der Waals surface area (Å²) in [5.41, 5.74) is 0. The molecule has 0 amide bonds. The first-order chi connectivity index (χ1) is 3.81. The second-order valence-electron chi connectivity index (χ2n) is 2.23. The van der Waals surface area contributed by atoms with Gasteiger partial charge in [0.2, 0.25) is 0 Å². The number of thiol groups is 1. The monoisotopic (exact) mass is 150 g/mol. The summed E-state index contributed by atoms with van der Waals surface area (Å²) in [6, 6.07) is 0. The minimum Gasteiger partial charge on any atom is -0.412 e. The van der Waals surface area contributed by atoms with Crippen LogP contribution in [0.25, 0.3) is 0 Å². The van der Waals surface area contributed by atoms with Gasteiger partial charge in [-0.05, 0) is 12.8 Å². The van der Waals surface area contributed by atoms with Crippen LogP contribution < -0.4 is 0 Å². The summed E-state index contributed by atoms with van der Waals surface area (Å²) >= 11 is 4.39. The van der Waals surface area contributed by atoms with Crippen LogP contribution in [0.1, 0.15) is 39.5 Å². The third kappa shape index (κ3) is 8.31. The van der Waals surface area contributed by atoms with Crippen LogP contribution in [-0.2, 0) is 0 Å².